The number of hydrogen-bond donors (Lipinski definition) is 1. The maximum atomic E-state index is 12.4. The number of aliphatic hydroxyl groups excluding tert-OH is 1. The van der Waals surface area contributed by atoms with Crippen molar-refractivity contribution >= 4 is 5.78 Å². The van der Waals surface area contributed by atoms with Crippen molar-refractivity contribution in [1.82, 2.24) is 0 Å². The summed E-state index contributed by atoms with van der Waals surface area (Å²) in [5, 5.41) is 10.0. The van der Waals surface area contributed by atoms with Crippen LogP contribution >= 0.6 is 0 Å². The van der Waals surface area contributed by atoms with Gasteiger partial charge in [0, 0.05) is 11.8 Å². The Bertz CT molecular complexity index is 458. The van der Waals surface area contributed by atoms with E-state index < -0.39 is 0 Å². The highest BCUT2D eigenvalue weighted by Crippen LogP contribution is 2.65. The Hall–Kier alpha value is -0.370. The lowest BCUT2D eigenvalue weighted by molar-refractivity contribution is -0.142. The van der Waals surface area contributed by atoms with E-state index in [0.717, 1.165) is 49.9 Å². The number of aliphatic hydroxyl groups is 1. The molecule has 4 aliphatic rings. The Morgan fingerprint density at radius 3 is 2.62 bits per heavy atom. The summed E-state index contributed by atoms with van der Waals surface area (Å²) >= 11 is 0. The van der Waals surface area contributed by atoms with E-state index >= 15 is 0 Å². The molecule has 4 saturated carbocycles. The number of ketones is 1. The molecule has 0 bridgehead atoms. The molecule has 0 spiro atoms. The maximum absolute atomic E-state index is 12.4. The fourth-order valence-electron chi connectivity index (χ4n) is 7.01. The Balaban J connectivity index is 1.64. The molecule has 2 heteroatoms. The van der Waals surface area contributed by atoms with E-state index in [0.29, 0.717) is 17.1 Å². The Kier molecular flexibility index (Phi) is 3.10. The summed E-state index contributed by atoms with van der Waals surface area (Å²) in [4.78, 5) is 12.4. The van der Waals surface area contributed by atoms with Gasteiger partial charge in [-0.1, -0.05) is 13.8 Å². The summed E-state index contributed by atoms with van der Waals surface area (Å²) in [6.07, 6.45) is 10.1. The van der Waals surface area contributed by atoms with Crippen LogP contribution < -0.4 is 0 Å². The minimum atomic E-state index is -0.0541. The predicted octanol–water partition coefficient (Wildman–Crippen LogP) is 3.96. The van der Waals surface area contributed by atoms with Crippen LogP contribution in [0.2, 0.25) is 0 Å². The molecule has 0 radical (unpaired) electrons. The maximum Gasteiger partial charge on any atom is 0.139 e. The van der Waals surface area contributed by atoms with Gasteiger partial charge in [0.25, 0.3) is 0 Å². The largest absolute Gasteiger partial charge is 0.393 e. The summed E-state index contributed by atoms with van der Waals surface area (Å²) in [5.41, 5.74) is 0.452. The minimum absolute atomic E-state index is 0.0124. The van der Waals surface area contributed by atoms with Crippen LogP contribution in [0, 0.1) is 34.5 Å². The average molecular weight is 290 g/mol. The summed E-state index contributed by atoms with van der Waals surface area (Å²) in [6, 6.07) is 0. The van der Waals surface area contributed by atoms with Crippen LogP contribution in [-0.4, -0.2) is 17.0 Å². The zero-order valence-corrected chi connectivity index (χ0v) is 13.6. The van der Waals surface area contributed by atoms with Crippen molar-refractivity contribution in [2.45, 2.75) is 77.7 Å². The zero-order valence-electron chi connectivity index (χ0n) is 13.6. The lowest BCUT2D eigenvalue weighted by atomic mass is 9.45. The Labute approximate surface area is 128 Å². The second-order valence-corrected chi connectivity index (χ2v) is 9.00. The van der Waals surface area contributed by atoms with Gasteiger partial charge in [-0.25, -0.2) is 0 Å². The van der Waals surface area contributed by atoms with Gasteiger partial charge in [0.2, 0.25) is 0 Å². The molecular weight excluding hydrogens is 260 g/mol. The second-order valence-electron chi connectivity index (χ2n) is 9.00. The normalized spacial score (nSPS) is 56.5. The van der Waals surface area contributed by atoms with Gasteiger partial charge in [0.15, 0.2) is 0 Å². The van der Waals surface area contributed by atoms with Gasteiger partial charge >= 0.3 is 0 Å². The third kappa shape index (κ3) is 1.84. The molecule has 1 N–H and O–H groups in total. The van der Waals surface area contributed by atoms with E-state index in [9.17, 15) is 9.90 Å². The molecule has 4 aliphatic carbocycles. The number of rotatable bonds is 0. The molecule has 0 saturated heterocycles. The molecular formula is C19H30O2. The van der Waals surface area contributed by atoms with Crippen molar-refractivity contribution in [3.05, 3.63) is 0 Å². The lowest BCUT2D eigenvalue weighted by Crippen LogP contribution is -2.54. The first-order valence-corrected chi connectivity index (χ1v) is 9.16. The van der Waals surface area contributed by atoms with E-state index in [4.69, 9.17) is 0 Å². The first-order chi connectivity index (χ1) is 9.95. The minimum Gasteiger partial charge on any atom is -0.393 e. The van der Waals surface area contributed by atoms with E-state index in [1.54, 1.807) is 0 Å². The second kappa shape index (κ2) is 4.57. The van der Waals surface area contributed by atoms with Crippen molar-refractivity contribution in [1.29, 1.82) is 0 Å². The van der Waals surface area contributed by atoms with Crippen molar-refractivity contribution in [2.24, 2.45) is 34.5 Å². The molecule has 21 heavy (non-hydrogen) atoms. The lowest BCUT2D eigenvalue weighted by Gasteiger charge is -2.60. The van der Waals surface area contributed by atoms with Crippen LogP contribution in [0.1, 0.15) is 71.6 Å². The monoisotopic (exact) mass is 290 g/mol. The molecule has 0 aromatic carbocycles. The number of Topliss-reactive ketones (excluding diaryl/α,β-unsaturated/α-hetero) is 1. The van der Waals surface area contributed by atoms with Crippen LogP contribution in [-0.2, 0) is 4.79 Å². The molecule has 118 valence electrons. The van der Waals surface area contributed by atoms with Crippen molar-refractivity contribution in [3.8, 4) is 0 Å². The third-order valence-electron chi connectivity index (χ3n) is 8.35. The Morgan fingerprint density at radius 1 is 1.00 bits per heavy atom. The summed E-state index contributed by atoms with van der Waals surface area (Å²) in [6.45, 7) is 4.78. The van der Waals surface area contributed by atoms with Crippen molar-refractivity contribution < 1.29 is 9.90 Å². The van der Waals surface area contributed by atoms with E-state index in [1.807, 2.05) is 0 Å². The van der Waals surface area contributed by atoms with Gasteiger partial charge in [0.05, 0.1) is 6.10 Å². The number of fused-ring (bicyclic) bond motifs is 5. The van der Waals surface area contributed by atoms with Crippen molar-refractivity contribution in [2.75, 3.05) is 0 Å². The fraction of sp³-hybridized carbons (Fsp3) is 0.947. The van der Waals surface area contributed by atoms with Gasteiger partial charge in [-0.3, -0.25) is 4.79 Å². The molecule has 2 nitrogen and oxygen atoms in total. The number of hydrogen-bond acceptors (Lipinski definition) is 2. The first kappa shape index (κ1) is 14.2. The van der Waals surface area contributed by atoms with Gasteiger partial charge in [0.1, 0.15) is 5.78 Å². The van der Waals surface area contributed by atoms with Gasteiger partial charge in [-0.2, -0.15) is 0 Å². The average Bonchev–Trinajstić information content (AvgIpc) is 2.76. The first-order valence-electron chi connectivity index (χ1n) is 9.16. The van der Waals surface area contributed by atoms with Gasteiger partial charge < -0.3 is 5.11 Å². The summed E-state index contributed by atoms with van der Waals surface area (Å²) in [7, 11) is 0. The summed E-state index contributed by atoms with van der Waals surface area (Å²) in [5.74, 6) is 3.54. The smallest absolute Gasteiger partial charge is 0.139 e. The van der Waals surface area contributed by atoms with E-state index in [1.165, 1.54) is 25.7 Å². The molecule has 4 rings (SSSR count). The third-order valence-corrected chi connectivity index (χ3v) is 8.35. The molecule has 4 fully saturated rings. The number of carbonyl (C=O) groups excluding carboxylic acids is 1. The zero-order chi connectivity index (χ0) is 14.8. The van der Waals surface area contributed by atoms with E-state index in [2.05, 4.69) is 13.8 Å². The van der Waals surface area contributed by atoms with Crippen LogP contribution in [0.3, 0.4) is 0 Å². The standard InChI is InChI=1S/C19H30O2/c1-18-9-7-13(20)11-12(18)3-4-14-15-5-6-17(21)19(15,2)10-8-16(14)18/h12-16,20H,3-11H2,1-2H3/t12-,13?,14?,15?,16?,18-,19+/m1/s1. The van der Waals surface area contributed by atoms with Crippen LogP contribution in [0.4, 0.5) is 0 Å². The van der Waals surface area contributed by atoms with Gasteiger partial charge in [-0.15, -0.1) is 0 Å². The van der Waals surface area contributed by atoms with Gasteiger partial charge in [-0.05, 0) is 80.5 Å². The van der Waals surface area contributed by atoms with Crippen molar-refractivity contribution in [3.63, 3.8) is 0 Å². The molecule has 7 atom stereocenters. The molecule has 0 amide bonds. The highest BCUT2D eigenvalue weighted by Gasteiger charge is 2.60. The topological polar surface area (TPSA) is 37.3 Å². The van der Waals surface area contributed by atoms with Crippen LogP contribution in [0.5, 0.6) is 0 Å². The Morgan fingerprint density at radius 2 is 1.81 bits per heavy atom. The molecule has 0 aromatic heterocycles. The van der Waals surface area contributed by atoms with Crippen LogP contribution in [0.25, 0.3) is 0 Å². The molecule has 0 aromatic rings. The highest BCUT2D eigenvalue weighted by molar-refractivity contribution is 5.87. The predicted molar refractivity (Wildman–Crippen MR) is 82.7 cm³/mol. The highest BCUT2D eigenvalue weighted by atomic mass is 16.3. The number of carbonyl (C=O) groups is 1. The molecule has 0 aliphatic heterocycles. The summed E-state index contributed by atoms with van der Waals surface area (Å²) < 4.78 is 0. The molecule has 0 heterocycles. The van der Waals surface area contributed by atoms with E-state index in [-0.39, 0.29) is 11.5 Å². The fourth-order valence-corrected chi connectivity index (χ4v) is 7.01. The van der Waals surface area contributed by atoms with Crippen LogP contribution in [0.15, 0.2) is 0 Å². The molecule has 4 unspecified atom stereocenters. The quantitative estimate of drug-likeness (QED) is 0.733. The SMILES string of the molecule is C[C@@]12CCC(O)C[C@H]1CCC1C2CC[C@]2(C)C(=O)CCC12.